The standard InChI is InChI=1S/C15H16N2O3S.C2H6/c1-10-12(14(18)19-2)16-15(21-3)17-13(10)20-9-11-7-5-4-6-8-11;1-2/h4-8H,9H2,1-3H3;1-2H3. The second-order valence-electron chi connectivity index (χ2n) is 4.25. The van der Waals surface area contributed by atoms with E-state index in [2.05, 4.69) is 9.97 Å². The van der Waals surface area contributed by atoms with Crippen molar-refractivity contribution < 1.29 is 14.3 Å². The van der Waals surface area contributed by atoms with E-state index in [1.807, 2.05) is 50.4 Å². The summed E-state index contributed by atoms with van der Waals surface area (Å²) in [4.78, 5) is 20.2. The first-order valence-electron chi connectivity index (χ1n) is 7.33. The molecule has 0 aliphatic rings. The van der Waals surface area contributed by atoms with Crippen molar-refractivity contribution in [2.45, 2.75) is 32.5 Å². The molecule has 0 saturated heterocycles. The summed E-state index contributed by atoms with van der Waals surface area (Å²) in [5, 5.41) is 0.476. The highest BCUT2D eigenvalue weighted by Crippen LogP contribution is 2.23. The SMILES string of the molecule is CC.COC(=O)c1nc(SC)nc(OCc2ccccc2)c1C. The third-order valence-electron chi connectivity index (χ3n) is 2.86. The van der Waals surface area contributed by atoms with Gasteiger partial charge in [-0.3, -0.25) is 0 Å². The molecule has 0 atom stereocenters. The summed E-state index contributed by atoms with van der Waals surface area (Å²) in [6.45, 7) is 6.13. The summed E-state index contributed by atoms with van der Waals surface area (Å²) in [7, 11) is 1.33. The van der Waals surface area contributed by atoms with Gasteiger partial charge in [-0.05, 0) is 18.7 Å². The number of hydrogen-bond acceptors (Lipinski definition) is 6. The van der Waals surface area contributed by atoms with Crippen LogP contribution < -0.4 is 4.74 Å². The Morgan fingerprint density at radius 2 is 1.83 bits per heavy atom. The lowest BCUT2D eigenvalue weighted by Crippen LogP contribution is -2.11. The van der Waals surface area contributed by atoms with Gasteiger partial charge in [-0.25, -0.2) is 9.78 Å². The van der Waals surface area contributed by atoms with Gasteiger partial charge in [-0.2, -0.15) is 4.98 Å². The van der Waals surface area contributed by atoms with Gasteiger partial charge in [0.05, 0.1) is 7.11 Å². The minimum absolute atomic E-state index is 0.236. The molecular formula is C17H22N2O3S. The molecule has 0 unspecified atom stereocenters. The van der Waals surface area contributed by atoms with Crippen molar-refractivity contribution in [1.82, 2.24) is 9.97 Å². The monoisotopic (exact) mass is 334 g/mol. The van der Waals surface area contributed by atoms with E-state index in [1.54, 1.807) is 6.92 Å². The van der Waals surface area contributed by atoms with Crippen molar-refractivity contribution in [2.75, 3.05) is 13.4 Å². The third kappa shape index (κ3) is 5.25. The fourth-order valence-corrected chi connectivity index (χ4v) is 2.09. The van der Waals surface area contributed by atoms with E-state index in [-0.39, 0.29) is 5.69 Å². The third-order valence-corrected chi connectivity index (χ3v) is 3.41. The van der Waals surface area contributed by atoms with Gasteiger partial charge in [0.2, 0.25) is 5.88 Å². The average Bonchev–Trinajstić information content (AvgIpc) is 2.62. The Balaban J connectivity index is 0.00000127. The van der Waals surface area contributed by atoms with E-state index in [0.29, 0.717) is 23.2 Å². The molecule has 0 radical (unpaired) electrons. The molecule has 0 amide bonds. The second kappa shape index (κ2) is 9.84. The number of carbonyl (C=O) groups excluding carboxylic acids is 1. The molecule has 1 aromatic carbocycles. The number of nitrogens with zero attached hydrogens (tertiary/aromatic N) is 2. The number of benzene rings is 1. The Kier molecular flexibility index (Phi) is 8.11. The van der Waals surface area contributed by atoms with Crippen molar-refractivity contribution >= 4 is 17.7 Å². The number of esters is 1. The van der Waals surface area contributed by atoms with Crippen LogP contribution in [0.3, 0.4) is 0 Å². The summed E-state index contributed by atoms with van der Waals surface area (Å²) in [6.07, 6.45) is 1.84. The molecule has 2 aromatic rings. The van der Waals surface area contributed by atoms with E-state index in [0.717, 1.165) is 5.56 Å². The first-order valence-corrected chi connectivity index (χ1v) is 8.56. The topological polar surface area (TPSA) is 61.3 Å². The lowest BCUT2D eigenvalue weighted by molar-refractivity contribution is 0.0590. The van der Waals surface area contributed by atoms with Crippen LogP contribution in [-0.4, -0.2) is 29.3 Å². The molecule has 0 aliphatic heterocycles. The van der Waals surface area contributed by atoms with Gasteiger partial charge < -0.3 is 9.47 Å². The minimum Gasteiger partial charge on any atom is -0.472 e. The van der Waals surface area contributed by atoms with Crippen molar-refractivity contribution in [3.05, 3.63) is 47.2 Å². The highest BCUT2D eigenvalue weighted by molar-refractivity contribution is 7.98. The fraction of sp³-hybridized carbons (Fsp3) is 0.353. The Labute approximate surface area is 141 Å². The summed E-state index contributed by atoms with van der Waals surface area (Å²) in [6, 6.07) is 9.76. The van der Waals surface area contributed by atoms with Gasteiger partial charge in [-0.15, -0.1) is 0 Å². The zero-order valence-corrected chi connectivity index (χ0v) is 14.9. The smallest absolute Gasteiger partial charge is 0.357 e. The Bertz CT molecular complexity index is 633. The van der Waals surface area contributed by atoms with E-state index < -0.39 is 5.97 Å². The molecule has 1 aromatic heterocycles. The normalized spacial score (nSPS) is 9.61. The molecule has 0 bridgehead atoms. The van der Waals surface area contributed by atoms with Crippen LogP contribution >= 0.6 is 11.8 Å². The van der Waals surface area contributed by atoms with Gasteiger partial charge in [0.25, 0.3) is 0 Å². The van der Waals surface area contributed by atoms with Crippen LogP contribution in [0.1, 0.15) is 35.5 Å². The number of aromatic nitrogens is 2. The van der Waals surface area contributed by atoms with Crippen LogP contribution in [0.5, 0.6) is 5.88 Å². The lowest BCUT2D eigenvalue weighted by atomic mass is 10.2. The van der Waals surface area contributed by atoms with Crippen molar-refractivity contribution in [3.8, 4) is 5.88 Å². The maximum atomic E-state index is 11.8. The van der Waals surface area contributed by atoms with Crippen LogP contribution in [0.2, 0.25) is 0 Å². The van der Waals surface area contributed by atoms with Gasteiger partial charge in [-0.1, -0.05) is 55.9 Å². The largest absolute Gasteiger partial charge is 0.472 e. The van der Waals surface area contributed by atoms with Crippen molar-refractivity contribution in [2.24, 2.45) is 0 Å². The summed E-state index contributed by atoms with van der Waals surface area (Å²) < 4.78 is 10.5. The zero-order chi connectivity index (χ0) is 17.2. The second-order valence-corrected chi connectivity index (χ2v) is 5.03. The highest BCUT2D eigenvalue weighted by atomic mass is 32.2. The van der Waals surface area contributed by atoms with Crippen LogP contribution in [-0.2, 0) is 11.3 Å². The first kappa shape index (κ1) is 19.0. The molecule has 1 heterocycles. The highest BCUT2D eigenvalue weighted by Gasteiger charge is 2.18. The molecule has 0 spiro atoms. The number of ether oxygens (including phenoxy) is 2. The van der Waals surface area contributed by atoms with Crippen LogP contribution in [0.15, 0.2) is 35.5 Å². The Morgan fingerprint density at radius 3 is 2.39 bits per heavy atom. The first-order chi connectivity index (χ1) is 11.2. The fourth-order valence-electron chi connectivity index (χ4n) is 1.73. The van der Waals surface area contributed by atoms with Crippen molar-refractivity contribution in [1.29, 1.82) is 0 Å². The molecule has 0 aliphatic carbocycles. The summed E-state index contributed by atoms with van der Waals surface area (Å²) in [5.74, 6) is -0.0895. The van der Waals surface area contributed by atoms with Crippen LogP contribution in [0.4, 0.5) is 0 Å². The number of hydrogen-bond donors (Lipinski definition) is 0. The molecule has 2 rings (SSSR count). The Morgan fingerprint density at radius 1 is 1.17 bits per heavy atom. The zero-order valence-electron chi connectivity index (χ0n) is 14.1. The number of methoxy groups -OCH3 is 1. The van der Waals surface area contributed by atoms with Gasteiger partial charge in [0, 0.05) is 5.56 Å². The predicted molar refractivity (Wildman–Crippen MR) is 92.0 cm³/mol. The molecule has 5 nitrogen and oxygen atoms in total. The van der Waals surface area contributed by atoms with Crippen LogP contribution in [0, 0.1) is 6.92 Å². The number of rotatable bonds is 5. The van der Waals surface area contributed by atoms with E-state index >= 15 is 0 Å². The quantitative estimate of drug-likeness (QED) is 0.469. The number of carbonyl (C=O) groups is 1. The van der Waals surface area contributed by atoms with E-state index in [1.165, 1.54) is 18.9 Å². The lowest BCUT2D eigenvalue weighted by Gasteiger charge is -2.11. The summed E-state index contributed by atoms with van der Waals surface area (Å²) in [5.41, 5.74) is 1.84. The van der Waals surface area contributed by atoms with Gasteiger partial charge >= 0.3 is 5.97 Å². The van der Waals surface area contributed by atoms with Gasteiger partial charge in [0.1, 0.15) is 6.61 Å². The van der Waals surface area contributed by atoms with E-state index in [9.17, 15) is 4.79 Å². The Hall–Kier alpha value is -2.08. The van der Waals surface area contributed by atoms with Crippen LogP contribution in [0.25, 0.3) is 0 Å². The maximum Gasteiger partial charge on any atom is 0.357 e. The molecule has 0 saturated carbocycles. The molecule has 23 heavy (non-hydrogen) atoms. The molecule has 0 fully saturated rings. The molecular weight excluding hydrogens is 312 g/mol. The minimum atomic E-state index is -0.491. The number of thioether (sulfide) groups is 1. The van der Waals surface area contributed by atoms with Crippen molar-refractivity contribution in [3.63, 3.8) is 0 Å². The maximum absolute atomic E-state index is 11.8. The predicted octanol–water partition coefficient (Wildman–Crippen LogP) is 3.90. The average molecular weight is 334 g/mol. The summed E-state index contributed by atoms with van der Waals surface area (Å²) >= 11 is 1.35. The molecule has 0 N–H and O–H groups in total. The molecule has 124 valence electrons. The molecule has 6 heteroatoms. The van der Waals surface area contributed by atoms with E-state index in [4.69, 9.17) is 9.47 Å². The van der Waals surface area contributed by atoms with Gasteiger partial charge in [0.15, 0.2) is 10.9 Å².